The number of nitrogens with one attached hydrogen (secondary N) is 1. The summed E-state index contributed by atoms with van der Waals surface area (Å²) >= 11 is 0. The molecule has 1 heterocycles. The molecule has 1 aromatic carbocycles. The zero-order chi connectivity index (χ0) is 13.7. The molecule has 4 atom stereocenters. The van der Waals surface area contributed by atoms with Crippen molar-refractivity contribution in [2.75, 3.05) is 19.7 Å². The Kier molecular flexibility index (Phi) is 5.15. The predicted octanol–water partition coefficient (Wildman–Crippen LogP) is -0.242. The lowest BCUT2D eigenvalue weighted by Crippen LogP contribution is -2.55. The Morgan fingerprint density at radius 2 is 1.95 bits per heavy atom. The molecule has 19 heavy (non-hydrogen) atoms. The number of piperidine rings is 1. The zero-order valence-electron chi connectivity index (χ0n) is 10.8. The predicted molar refractivity (Wildman–Crippen MR) is 70.9 cm³/mol. The van der Waals surface area contributed by atoms with Crippen molar-refractivity contribution in [3.05, 3.63) is 30.3 Å². The molecule has 0 aliphatic carbocycles. The molecule has 0 saturated carbocycles. The van der Waals surface area contributed by atoms with E-state index in [-0.39, 0.29) is 18.6 Å². The first-order chi connectivity index (χ1) is 9.22. The third-order valence-electron chi connectivity index (χ3n) is 3.49. The fourth-order valence-electron chi connectivity index (χ4n) is 2.44. The second-order valence-electron chi connectivity index (χ2n) is 4.86. The van der Waals surface area contributed by atoms with Crippen molar-refractivity contribution >= 4 is 0 Å². The average Bonchev–Trinajstić information content (AvgIpc) is 2.43. The van der Waals surface area contributed by atoms with E-state index in [0.717, 1.165) is 0 Å². The fourth-order valence-corrected chi connectivity index (χ4v) is 2.44. The maximum absolute atomic E-state index is 10.1. The van der Waals surface area contributed by atoms with Gasteiger partial charge in [0.1, 0.15) is 11.9 Å². The third-order valence-corrected chi connectivity index (χ3v) is 3.49. The molecule has 0 radical (unpaired) electrons. The average molecular weight is 267 g/mol. The number of aliphatic hydroxyl groups excluding tert-OH is 3. The summed E-state index contributed by atoms with van der Waals surface area (Å²) in [5, 5.41) is 32.0. The standard InChI is InChI=1S/C14H21NO4/c16-7-6-13(19-10-4-2-1-3-5-10)11-8-15-9-12(17)14(11)18/h1-5,11-18H,6-9H2/t11-,12+,13?,14+/m0/s1. The highest BCUT2D eigenvalue weighted by Crippen LogP contribution is 2.23. The monoisotopic (exact) mass is 267 g/mol. The first kappa shape index (κ1) is 14.3. The van der Waals surface area contributed by atoms with Gasteiger partial charge in [-0.3, -0.25) is 0 Å². The molecule has 1 aromatic rings. The number of benzene rings is 1. The SMILES string of the molecule is OCCC(Oc1ccccc1)[C@@H]1CNC[C@@H](O)[C@@H]1O. The lowest BCUT2D eigenvalue weighted by molar-refractivity contribution is -0.0713. The normalized spacial score (nSPS) is 28.9. The quantitative estimate of drug-likeness (QED) is 0.592. The van der Waals surface area contributed by atoms with E-state index in [1.807, 2.05) is 30.3 Å². The molecule has 0 amide bonds. The lowest BCUT2D eigenvalue weighted by atomic mass is 9.87. The number of aliphatic hydroxyl groups is 3. The number of β-amino-alcohol motifs (C(OH)–C–C–N with tert-alkyl or cyclic N) is 1. The maximum Gasteiger partial charge on any atom is 0.119 e. The van der Waals surface area contributed by atoms with Gasteiger partial charge in [0.15, 0.2) is 0 Å². The summed E-state index contributed by atoms with van der Waals surface area (Å²) in [6.07, 6.45) is -1.53. The van der Waals surface area contributed by atoms with Gasteiger partial charge in [-0.15, -0.1) is 0 Å². The van der Waals surface area contributed by atoms with Crippen LogP contribution in [0.25, 0.3) is 0 Å². The highest BCUT2D eigenvalue weighted by atomic mass is 16.5. The minimum atomic E-state index is -0.832. The van der Waals surface area contributed by atoms with E-state index >= 15 is 0 Å². The summed E-state index contributed by atoms with van der Waals surface area (Å²) in [5.41, 5.74) is 0. The van der Waals surface area contributed by atoms with Crippen molar-refractivity contribution in [1.82, 2.24) is 5.32 Å². The molecular formula is C14H21NO4. The van der Waals surface area contributed by atoms with Crippen LogP contribution in [0.5, 0.6) is 5.75 Å². The highest BCUT2D eigenvalue weighted by Gasteiger charge is 2.36. The molecule has 5 heteroatoms. The van der Waals surface area contributed by atoms with Gasteiger partial charge >= 0.3 is 0 Å². The number of hydrogen-bond donors (Lipinski definition) is 4. The van der Waals surface area contributed by atoms with Crippen LogP contribution in [0.3, 0.4) is 0 Å². The van der Waals surface area contributed by atoms with E-state index in [0.29, 0.717) is 25.3 Å². The molecule has 0 aromatic heterocycles. The molecular weight excluding hydrogens is 246 g/mol. The van der Waals surface area contributed by atoms with E-state index in [1.54, 1.807) is 0 Å². The van der Waals surface area contributed by atoms with Gasteiger partial charge < -0.3 is 25.4 Å². The van der Waals surface area contributed by atoms with Crippen LogP contribution in [-0.2, 0) is 0 Å². The van der Waals surface area contributed by atoms with E-state index < -0.39 is 12.2 Å². The Balaban J connectivity index is 2.06. The first-order valence-electron chi connectivity index (χ1n) is 6.61. The molecule has 106 valence electrons. The molecule has 1 fully saturated rings. The van der Waals surface area contributed by atoms with Gasteiger partial charge in [0.25, 0.3) is 0 Å². The molecule has 1 saturated heterocycles. The third kappa shape index (κ3) is 3.67. The topological polar surface area (TPSA) is 82.0 Å². The van der Waals surface area contributed by atoms with Crippen LogP contribution < -0.4 is 10.1 Å². The van der Waals surface area contributed by atoms with E-state index in [4.69, 9.17) is 9.84 Å². The molecule has 0 bridgehead atoms. The molecule has 1 unspecified atom stereocenters. The van der Waals surface area contributed by atoms with Crippen LogP contribution in [0.15, 0.2) is 30.3 Å². The van der Waals surface area contributed by atoms with E-state index in [2.05, 4.69) is 5.32 Å². The largest absolute Gasteiger partial charge is 0.490 e. The smallest absolute Gasteiger partial charge is 0.119 e. The van der Waals surface area contributed by atoms with Crippen molar-refractivity contribution in [1.29, 1.82) is 0 Å². The molecule has 2 rings (SSSR count). The first-order valence-corrected chi connectivity index (χ1v) is 6.61. The molecule has 0 spiro atoms. The number of rotatable bonds is 5. The van der Waals surface area contributed by atoms with Gasteiger partial charge in [-0.05, 0) is 12.1 Å². The Morgan fingerprint density at radius 1 is 1.21 bits per heavy atom. The van der Waals surface area contributed by atoms with Crippen molar-refractivity contribution in [2.24, 2.45) is 5.92 Å². The van der Waals surface area contributed by atoms with Crippen molar-refractivity contribution in [3.63, 3.8) is 0 Å². The van der Waals surface area contributed by atoms with Crippen LogP contribution >= 0.6 is 0 Å². The minimum Gasteiger partial charge on any atom is -0.490 e. The second kappa shape index (κ2) is 6.86. The van der Waals surface area contributed by atoms with Gasteiger partial charge in [-0.25, -0.2) is 0 Å². The van der Waals surface area contributed by atoms with Crippen molar-refractivity contribution in [2.45, 2.75) is 24.7 Å². The maximum atomic E-state index is 10.1. The Morgan fingerprint density at radius 3 is 2.63 bits per heavy atom. The van der Waals surface area contributed by atoms with E-state index in [1.165, 1.54) is 0 Å². The summed E-state index contributed by atoms with van der Waals surface area (Å²) in [6, 6.07) is 9.31. The van der Waals surface area contributed by atoms with Crippen LogP contribution in [0, 0.1) is 5.92 Å². The van der Waals surface area contributed by atoms with Crippen molar-refractivity contribution in [3.8, 4) is 5.75 Å². The van der Waals surface area contributed by atoms with Crippen LogP contribution in [0.2, 0.25) is 0 Å². The highest BCUT2D eigenvalue weighted by molar-refractivity contribution is 5.21. The Hall–Kier alpha value is -1.14. The van der Waals surface area contributed by atoms with Gasteiger partial charge in [-0.1, -0.05) is 18.2 Å². The molecule has 5 nitrogen and oxygen atoms in total. The molecule has 4 N–H and O–H groups in total. The summed E-state index contributed by atoms with van der Waals surface area (Å²) in [5.74, 6) is 0.462. The Bertz CT molecular complexity index is 373. The number of para-hydroxylation sites is 1. The van der Waals surface area contributed by atoms with E-state index in [9.17, 15) is 10.2 Å². The van der Waals surface area contributed by atoms with Crippen LogP contribution in [0.1, 0.15) is 6.42 Å². The minimum absolute atomic E-state index is 0.0170. The van der Waals surface area contributed by atoms with Gasteiger partial charge in [0, 0.05) is 32.0 Å². The summed E-state index contributed by atoms with van der Waals surface area (Å²) in [7, 11) is 0. The molecule has 1 aliphatic rings. The fraction of sp³-hybridized carbons (Fsp3) is 0.571. The summed E-state index contributed by atoms with van der Waals surface area (Å²) in [4.78, 5) is 0. The van der Waals surface area contributed by atoms with Gasteiger partial charge in [0.05, 0.1) is 12.2 Å². The van der Waals surface area contributed by atoms with Gasteiger partial charge in [-0.2, -0.15) is 0 Å². The number of hydrogen-bond acceptors (Lipinski definition) is 5. The summed E-state index contributed by atoms with van der Waals surface area (Å²) < 4.78 is 5.84. The Labute approximate surface area is 112 Å². The molecule has 1 aliphatic heterocycles. The summed E-state index contributed by atoms with van der Waals surface area (Å²) in [6.45, 7) is 0.932. The van der Waals surface area contributed by atoms with Crippen LogP contribution in [-0.4, -0.2) is 53.3 Å². The zero-order valence-corrected chi connectivity index (χ0v) is 10.8. The lowest BCUT2D eigenvalue weighted by Gasteiger charge is -2.37. The van der Waals surface area contributed by atoms with Crippen LogP contribution in [0.4, 0.5) is 0 Å². The van der Waals surface area contributed by atoms with Gasteiger partial charge in [0.2, 0.25) is 0 Å². The second-order valence-corrected chi connectivity index (χ2v) is 4.86. The number of ether oxygens (including phenoxy) is 1. The van der Waals surface area contributed by atoms with Crippen molar-refractivity contribution < 1.29 is 20.1 Å².